The lowest BCUT2D eigenvalue weighted by atomic mass is 10.0. The molecule has 3 amide bonds. The molecule has 1 aromatic carbocycles. The number of amides is 3. The molecule has 1 aromatic rings. The van der Waals surface area contributed by atoms with Gasteiger partial charge in [-0.2, -0.15) is 0 Å². The first-order valence-electron chi connectivity index (χ1n) is 7.57. The number of nitrogens with zero attached hydrogens (tertiary/aromatic N) is 1. The summed E-state index contributed by atoms with van der Waals surface area (Å²) in [5.74, 6) is -0.153. The highest BCUT2D eigenvalue weighted by molar-refractivity contribution is 5.89. The lowest BCUT2D eigenvalue weighted by Gasteiger charge is -2.33. The number of halogens is 1. The zero-order chi connectivity index (χ0) is 16.2. The zero-order valence-electron chi connectivity index (χ0n) is 13.5. The molecule has 2 rings (SSSR count). The Morgan fingerprint density at radius 3 is 2.26 bits per heavy atom. The molecule has 0 atom stereocenters. The highest BCUT2D eigenvalue weighted by Crippen LogP contribution is 2.14. The van der Waals surface area contributed by atoms with E-state index >= 15 is 0 Å². The van der Waals surface area contributed by atoms with Gasteiger partial charge in [-0.15, -0.1) is 12.4 Å². The Labute approximate surface area is 143 Å². The first-order valence-corrected chi connectivity index (χ1v) is 7.57. The first-order chi connectivity index (χ1) is 10.4. The Kier molecular flexibility index (Phi) is 6.84. The van der Waals surface area contributed by atoms with Gasteiger partial charge in [0.1, 0.15) is 0 Å². The lowest BCUT2D eigenvalue weighted by Crippen LogP contribution is -2.55. The van der Waals surface area contributed by atoms with Gasteiger partial charge in [-0.3, -0.25) is 4.79 Å². The van der Waals surface area contributed by atoms with E-state index in [0.717, 1.165) is 18.5 Å². The van der Waals surface area contributed by atoms with Crippen LogP contribution in [0.2, 0.25) is 0 Å². The number of nitrogens with two attached hydrogens (primary N) is 1. The summed E-state index contributed by atoms with van der Waals surface area (Å²) in [4.78, 5) is 25.8. The Hall–Kier alpha value is -1.79. The van der Waals surface area contributed by atoms with Crippen molar-refractivity contribution in [2.45, 2.75) is 38.3 Å². The predicted molar refractivity (Wildman–Crippen MR) is 93.7 cm³/mol. The fourth-order valence-corrected chi connectivity index (χ4v) is 2.32. The molecule has 23 heavy (non-hydrogen) atoms. The van der Waals surface area contributed by atoms with Gasteiger partial charge in [0, 0.05) is 24.8 Å². The van der Waals surface area contributed by atoms with Gasteiger partial charge in [-0.25, -0.2) is 4.79 Å². The molecule has 1 fully saturated rings. The van der Waals surface area contributed by atoms with Crippen LogP contribution in [0.3, 0.4) is 0 Å². The van der Waals surface area contributed by atoms with E-state index in [-0.39, 0.29) is 30.4 Å². The van der Waals surface area contributed by atoms with Gasteiger partial charge in [-0.1, -0.05) is 18.2 Å². The van der Waals surface area contributed by atoms with Crippen molar-refractivity contribution in [3.05, 3.63) is 30.3 Å². The minimum atomic E-state index is -0.873. The molecule has 6 nitrogen and oxygen atoms in total. The minimum absolute atomic E-state index is 0. The van der Waals surface area contributed by atoms with Gasteiger partial charge < -0.3 is 21.3 Å². The molecule has 0 aliphatic carbocycles. The van der Waals surface area contributed by atoms with Crippen LogP contribution in [0.4, 0.5) is 10.5 Å². The molecule has 4 N–H and O–H groups in total. The number of urea groups is 1. The summed E-state index contributed by atoms with van der Waals surface area (Å²) in [5, 5.41) is 5.82. The zero-order valence-corrected chi connectivity index (χ0v) is 14.4. The lowest BCUT2D eigenvalue weighted by molar-refractivity contribution is -0.126. The van der Waals surface area contributed by atoms with Crippen molar-refractivity contribution >= 4 is 30.0 Å². The quantitative estimate of drug-likeness (QED) is 0.786. The third-order valence-electron chi connectivity index (χ3n) is 3.73. The number of para-hydroxylation sites is 1. The van der Waals surface area contributed by atoms with E-state index in [1.165, 1.54) is 0 Å². The van der Waals surface area contributed by atoms with Crippen LogP contribution in [0.25, 0.3) is 0 Å². The van der Waals surface area contributed by atoms with Crippen molar-refractivity contribution in [3.8, 4) is 0 Å². The molecule has 1 saturated heterocycles. The maximum absolute atomic E-state index is 12.2. The number of carbonyl (C=O) groups is 2. The largest absolute Gasteiger partial charge is 0.352 e. The Bertz CT molecular complexity index is 523. The summed E-state index contributed by atoms with van der Waals surface area (Å²) in [6.07, 6.45) is 1.48. The van der Waals surface area contributed by atoms with Crippen LogP contribution in [-0.4, -0.2) is 41.5 Å². The van der Waals surface area contributed by atoms with Crippen LogP contribution in [0, 0.1) is 0 Å². The van der Waals surface area contributed by atoms with Crippen molar-refractivity contribution in [1.29, 1.82) is 0 Å². The molecule has 0 bridgehead atoms. The van der Waals surface area contributed by atoms with Crippen LogP contribution < -0.4 is 16.4 Å². The summed E-state index contributed by atoms with van der Waals surface area (Å²) in [6.45, 7) is 4.61. The van der Waals surface area contributed by atoms with E-state index in [2.05, 4.69) is 10.6 Å². The molecule has 7 heteroatoms. The topological polar surface area (TPSA) is 87.5 Å². The SMILES string of the molecule is CC(C)(N)C(=O)NC1CCN(C(=O)Nc2ccccc2)CC1.Cl. The average Bonchev–Trinajstić information content (AvgIpc) is 2.48. The number of benzene rings is 1. The predicted octanol–water partition coefficient (Wildman–Crippen LogP) is 1.96. The third kappa shape index (κ3) is 5.73. The standard InChI is InChI=1S/C16H24N4O2.ClH/c1-16(2,17)14(21)18-13-8-10-20(11-9-13)15(22)19-12-6-4-3-5-7-12;/h3-7,13H,8-11,17H2,1-2H3,(H,18,21)(H,19,22);1H. The molecule has 0 aromatic heterocycles. The fraction of sp³-hybridized carbons (Fsp3) is 0.500. The van der Waals surface area contributed by atoms with Gasteiger partial charge in [0.25, 0.3) is 0 Å². The maximum Gasteiger partial charge on any atom is 0.321 e. The number of likely N-dealkylation sites (tertiary alicyclic amines) is 1. The minimum Gasteiger partial charge on any atom is -0.352 e. The molecular weight excluding hydrogens is 316 g/mol. The van der Waals surface area contributed by atoms with E-state index < -0.39 is 5.54 Å². The molecule has 0 radical (unpaired) electrons. The van der Waals surface area contributed by atoms with Gasteiger partial charge in [-0.05, 0) is 38.8 Å². The summed E-state index contributed by atoms with van der Waals surface area (Å²) in [6, 6.07) is 9.36. The molecular formula is C16H25ClN4O2. The molecule has 0 spiro atoms. The number of piperidine rings is 1. The van der Waals surface area contributed by atoms with E-state index in [9.17, 15) is 9.59 Å². The number of carbonyl (C=O) groups excluding carboxylic acids is 2. The van der Waals surface area contributed by atoms with E-state index in [0.29, 0.717) is 13.1 Å². The van der Waals surface area contributed by atoms with Crippen LogP contribution in [0.15, 0.2) is 30.3 Å². The Morgan fingerprint density at radius 2 is 1.74 bits per heavy atom. The van der Waals surface area contributed by atoms with E-state index in [4.69, 9.17) is 5.73 Å². The van der Waals surface area contributed by atoms with Gasteiger partial charge in [0.15, 0.2) is 0 Å². The van der Waals surface area contributed by atoms with Crippen molar-refractivity contribution in [1.82, 2.24) is 10.2 Å². The second-order valence-electron chi connectivity index (χ2n) is 6.25. The van der Waals surface area contributed by atoms with E-state index in [1.807, 2.05) is 30.3 Å². The second kappa shape index (κ2) is 8.17. The molecule has 128 valence electrons. The smallest absolute Gasteiger partial charge is 0.321 e. The summed E-state index contributed by atoms with van der Waals surface area (Å²) >= 11 is 0. The molecule has 1 aliphatic heterocycles. The van der Waals surface area contributed by atoms with Crippen molar-refractivity contribution in [2.24, 2.45) is 5.73 Å². The number of hydrogen-bond donors (Lipinski definition) is 3. The van der Waals surface area contributed by atoms with Crippen LogP contribution in [-0.2, 0) is 4.79 Å². The summed E-state index contributed by atoms with van der Waals surface area (Å²) < 4.78 is 0. The van der Waals surface area contributed by atoms with Crippen LogP contribution in [0.5, 0.6) is 0 Å². The average molecular weight is 341 g/mol. The van der Waals surface area contributed by atoms with Gasteiger partial charge >= 0.3 is 6.03 Å². The van der Waals surface area contributed by atoms with Gasteiger partial charge in [0.2, 0.25) is 5.91 Å². The fourth-order valence-electron chi connectivity index (χ4n) is 2.32. The van der Waals surface area contributed by atoms with E-state index in [1.54, 1.807) is 18.7 Å². The van der Waals surface area contributed by atoms with Crippen LogP contribution >= 0.6 is 12.4 Å². The third-order valence-corrected chi connectivity index (χ3v) is 3.73. The molecule has 1 aliphatic rings. The van der Waals surface area contributed by atoms with Crippen molar-refractivity contribution in [2.75, 3.05) is 18.4 Å². The Balaban J connectivity index is 0.00000264. The number of rotatable bonds is 3. The van der Waals surface area contributed by atoms with Gasteiger partial charge in [0.05, 0.1) is 5.54 Å². The number of anilines is 1. The molecule has 0 saturated carbocycles. The van der Waals surface area contributed by atoms with Crippen molar-refractivity contribution in [3.63, 3.8) is 0 Å². The summed E-state index contributed by atoms with van der Waals surface area (Å²) in [7, 11) is 0. The second-order valence-corrected chi connectivity index (χ2v) is 6.25. The number of nitrogens with one attached hydrogen (secondary N) is 2. The normalized spacial score (nSPS) is 15.5. The number of hydrogen-bond acceptors (Lipinski definition) is 3. The molecule has 0 unspecified atom stereocenters. The monoisotopic (exact) mass is 340 g/mol. The summed E-state index contributed by atoms with van der Waals surface area (Å²) in [5.41, 5.74) is 5.68. The Morgan fingerprint density at radius 1 is 1.17 bits per heavy atom. The molecule has 1 heterocycles. The van der Waals surface area contributed by atoms with Crippen molar-refractivity contribution < 1.29 is 9.59 Å². The highest BCUT2D eigenvalue weighted by atomic mass is 35.5. The highest BCUT2D eigenvalue weighted by Gasteiger charge is 2.28. The maximum atomic E-state index is 12.2. The first kappa shape index (κ1) is 19.3. The van der Waals surface area contributed by atoms with Crippen LogP contribution in [0.1, 0.15) is 26.7 Å².